The summed E-state index contributed by atoms with van der Waals surface area (Å²) in [5.74, 6) is -0.765. The first-order valence-corrected chi connectivity index (χ1v) is 5.75. The van der Waals surface area contributed by atoms with Gasteiger partial charge in [-0.25, -0.2) is 0 Å². The topological polar surface area (TPSA) is 49.8 Å². The fourth-order valence-electron chi connectivity index (χ4n) is 2.15. The van der Waals surface area contributed by atoms with E-state index in [0.717, 1.165) is 5.56 Å². The van der Waals surface area contributed by atoms with Crippen LogP contribution < -0.4 is 0 Å². The monoisotopic (exact) mass is 235 g/mol. The van der Waals surface area contributed by atoms with Gasteiger partial charge in [-0.2, -0.15) is 0 Å². The Bertz CT molecular complexity index is 380. The van der Waals surface area contributed by atoms with Crippen molar-refractivity contribution in [3.05, 3.63) is 35.9 Å². The summed E-state index contributed by atoms with van der Waals surface area (Å²) in [4.78, 5) is 12.8. The molecule has 1 heterocycles. The molecule has 2 atom stereocenters. The normalized spacial score (nSPS) is 25.0. The molecule has 0 aliphatic carbocycles. The maximum atomic E-state index is 10.9. The van der Waals surface area contributed by atoms with Crippen molar-refractivity contribution in [2.75, 3.05) is 13.6 Å². The Labute approximate surface area is 101 Å². The van der Waals surface area contributed by atoms with Crippen LogP contribution in [0.4, 0.5) is 0 Å². The molecule has 0 radical (unpaired) electrons. The number of carboxylic acids is 1. The van der Waals surface area contributed by atoms with Crippen LogP contribution in [-0.2, 0) is 16.1 Å². The maximum Gasteiger partial charge on any atom is 0.321 e. The van der Waals surface area contributed by atoms with E-state index >= 15 is 0 Å². The minimum Gasteiger partial charge on any atom is -0.480 e. The van der Waals surface area contributed by atoms with Gasteiger partial charge in [-0.15, -0.1) is 0 Å². The predicted molar refractivity (Wildman–Crippen MR) is 63.7 cm³/mol. The molecule has 1 N–H and O–H groups in total. The number of aliphatic carboxylic acids is 1. The van der Waals surface area contributed by atoms with Gasteiger partial charge in [0.15, 0.2) is 0 Å². The van der Waals surface area contributed by atoms with E-state index in [1.165, 1.54) is 0 Å². The molecule has 1 saturated heterocycles. The molecule has 0 amide bonds. The van der Waals surface area contributed by atoms with Gasteiger partial charge < -0.3 is 9.84 Å². The Kier molecular flexibility index (Phi) is 3.76. The molecule has 4 heteroatoms. The molecule has 1 aliphatic rings. The molecule has 1 fully saturated rings. The summed E-state index contributed by atoms with van der Waals surface area (Å²) in [5.41, 5.74) is 1.12. The fraction of sp³-hybridized carbons (Fsp3) is 0.462. The second-order valence-electron chi connectivity index (χ2n) is 4.45. The summed E-state index contributed by atoms with van der Waals surface area (Å²) < 4.78 is 5.73. The number of rotatable bonds is 4. The van der Waals surface area contributed by atoms with Crippen LogP contribution in [0.2, 0.25) is 0 Å². The molecular weight excluding hydrogens is 218 g/mol. The summed E-state index contributed by atoms with van der Waals surface area (Å²) in [6.07, 6.45) is 0.583. The van der Waals surface area contributed by atoms with Gasteiger partial charge in [0.25, 0.3) is 0 Å². The van der Waals surface area contributed by atoms with Gasteiger partial charge in [0.1, 0.15) is 6.04 Å². The minimum absolute atomic E-state index is 0.0151. The summed E-state index contributed by atoms with van der Waals surface area (Å²) in [6, 6.07) is 9.52. The number of hydrogen-bond donors (Lipinski definition) is 1. The number of nitrogens with zero attached hydrogens (tertiary/aromatic N) is 1. The number of likely N-dealkylation sites (tertiary alicyclic amines) is 1. The SMILES string of the molecule is CN1C[C@@H](OCc2ccccc2)C[C@@H]1C(=O)O. The van der Waals surface area contributed by atoms with Crippen LogP contribution in [-0.4, -0.2) is 41.7 Å². The van der Waals surface area contributed by atoms with Crippen LogP contribution in [0.15, 0.2) is 30.3 Å². The number of ether oxygens (including phenoxy) is 1. The van der Waals surface area contributed by atoms with Gasteiger partial charge in [-0.1, -0.05) is 30.3 Å². The fourth-order valence-corrected chi connectivity index (χ4v) is 2.15. The first-order valence-electron chi connectivity index (χ1n) is 5.75. The second-order valence-corrected chi connectivity index (χ2v) is 4.45. The number of carbonyl (C=O) groups is 1. The van der Waals surface area contributed by atoms with Gasteiger partial charge in [0, 0.05) is 13.0 Å². The Hall–Kier alpha value is -1.39. The standard InChI is InChI=1S/C13H17NO3/c1-14-8-11(7-12(14)13(15)16)17-9-10-5-3-2-4-6-10/h2-6,11-12H,7-9H2,1H3,(H,15,16)/t11-,12+/m0/s1. The van der Waals surface area contributed by atoms with Crippen molar-refractivity contribution in [3.63, 3.8) is 0 Å². The molecule has 92 valence electrons. The highest BCUT2D eigenvalue weighted by Crippen LogP contribution is 2.19. The quantitative estimate of drug-likeness (QED) is 0.856. The lowest BCUT2D eigenvalue weighted by atomic mass is 10.2. The first-order chi connectivity index (χ1) is 8.16. The van der Waals surface area contributed by atoms with E-state index in [0.29, 0.717) is 19.6 Å². The number of carboxylic acid groups (broad SMARTS) is 1. The lowest BCUT2D eigenvalue weighted by molar-refractivity contribution is -0.141. The number of benzene rings is 1. The van der Waals surface area contributed by atoms with Gasteiger partial charge in [-0.05, 0) is 12.6 Å². The Balaban J connectivity index is 1.84. The molecule has 0 aromatic heterocycles. The molecular formula is C13H17NO3. The van der Waals surface area contributed by atoms with Crippen molar-refractivity contribution < 1.29 is 14.6 Å². The van der Waals surface area contributed by atoms with Crippen LogP contribution in [0.5, 0.6) is 0 Å². The highest BCUT2D eigenvalue weighted by atomic mass is 16.5. The Morgan fingerprint density at radius 3 is 2.76 bits per heavy atom. The average Bonchev–Trinajstić information content (AvgIpc) is 2.69. The molecule has 4 nitrogen and oxygen atoms in total. The molecule has 1 aromatic carbocycles. The van der Waals surface area contributed by atoms with E-state index in [-0.39, 0.29) is 6.10 Å². The largest absolute Gasteiger partial charge is 0.480 e. The third-order valence-corrected chi connectivity index (χ3v) is 3.12. The Morgan fingerprint density at radius 2 is 2.18 bits per heavy atom. The molecule has 0 saturated carbocycles. The highest BCUT2D eigenvalue weighted by Gasteiger charge is 2.34. The average molecular weight is 235 g/mol. The Morgan fingerprint density at radius 1 is 1.47 bits per heavy atom. The molecule has 1 aliphatic heterocycles. The van der Waals surface area contributed by atoms with E-state index in [1.54, 1.807) is 0 Å². The van der Waals surface area contributed by atoms with Crippen molar-refractivity contribution in [1.29, 1.82) is 0 Å². The highest BCUT2D eigenvalue weighted by molar-refractivity contribution is 5.73. The van der Waals surface area contributed by atoms with E-state index in [1.807, 2.05) is 42.3 Å². The summed E-state index contributed by atoms with van der Waals surface area (Å²) in [7, 11) is 1.82. The van der Waals surface area contributed by atoms with Crippen LogP contribution in [0.1, 0.15) is 12.0 Å². The van der Waals surface area contributed by atoms with Crippen molar-refractivity contribution in [3.8, 4) is 0 Å². The number of hydrogen-bond acceptors (Lipinski definition) is 3. The van der Waals surface area contributed by atoms with Crippen LogP contribution in [0.25, 0.3) is 0 Å². The zero-order chi connectivity index (χ0) is 12.3. The molecule has 0 unspecified atom stereocenters. The predicted octanol–water partition coefficient (Wildman–Crippen LogP) is 1.36. The van der Waals surface area contributed by atoms with Gasteiger partial charge in [0.05, 0.1) is 12.7 Å². The summed E-state index contributed by atoms with van der Waals surface area (Å²) >= 11 is 0. The lowest BCUT2D eigenvalue weighted by Gasteiger charge is -2.13. The lowest BCUT2D eigenvalue weighted by Crippen LogP contribution is -2.32. The second kappa shape index (κ2) is 5.29. The molecule has 0 spiro atoms. The summed E-state index contributed by atoms with van der Waals surface area (Å²) in [5, 5.41) is 8.99. The van der Waals surface area contributed by atoms with Gasteiger partial charge >= 0.3 is 5.97 Å². The van der Waals surface area contributed by atoms with Gasteiger partial charge in [0.2, 0.25) is 0 Å². The van der Waals surface area contributed by atoms with Crippen molar-refractivity contribution >= 4 is 5.97 Å². The van der Waals surface area contributed by atoms with Crippen LogP contribution >= 0.6 is 0 Å². The summed E-state index contributed by atoms with van der Waals surface area (Å²) in [6.45, 7) is 1.23. The molecule has 0 bridgehead atoms. The van der Waals surface area contributed by atoms with Crippen molar-refractivity contribution in [1.82, 2.24) is 4.90 Å². The van der Waals surface area contributed by atoms with E-state index < -0.39 is 12.0 Å². The van der Waals surface area contributed by atoms with Crippen molar-refractivity contribution in [2.45, 2.75) is 25.2 Å². The third-order valence-electron chi connectivity index (χ3n) is 3.12. The minimum atomic E-state index is -0.765. The van der Waals surface area contributed by atoms with Crippen molar-refractivity contribution in [2.24, 2.45) is 0 Å². The van der Waals surface area contributed by atoms with E-state index in [9.17, 15) is 4.79 Å². The number of likely N-dealkylation sites (N-methyl/N-ethyl adjacent to an activating group) is 1. The third kappa shape index (κ3) is 3.05. The van der Waals surface area contributed by atoms with Gasteiger partial charge in [-0.3, -0.25) is 9.69 Å². The smallest absolute Gasteiger partial charge is 0.321 e. The molecule has 2 rings (SSSR count). The first kappa shape index (κ1) is 12.1. The zero-order valence-electron chi connectivity index (χ0n) is 9.87. The van der Waals surface area contributed by atoms with Crippen LogP contribution in [0.3, 0.4) is 0 Å². The van der Waals surface area contributed by atoms with E-state index in [4.69, 9.17) is 9.84 Å². The molecule has 1 aromatic rings. The maximum absolute atomic E-state index is 10.9. The zero-order valence-corrected chi connectivity index (χ0v) is 9.87. The molecule has 17 heavy (non-hydrogen) atoms. The van der Waals surface area contributed by atoms with Crippen LogP contribution in [0, 0.1) is 0 Å². The van der Waals surface area contributed by atoms with E-state index in [2.05, 4.69) is 0 Å².